The number of rotatable bonds is 9. The number of carbonyl (C=O) groups excluding carboxylic acids is 2. The lowest BCUT2D eigenvalue weighted by molar-refractivity contribution is -0.163. The molecule has 39 heavy (non-hydrogen) atoms. The number of likely N-dealkylation sites (N-methyl/N-ethyl adjacent to an activating group) is 1. The summed E-state index contributed by atoms with van der Waals surface area (Å²) in [7, 11) is 3.61. The lowest BCUT2D eigenvalue weighted by Gasteiger charge is -2.61. The third kappa shape index (κ3) is 4.22. The van der Waals surface area contributed by atoms with Crippen LogP contribution in [-0.4, -0.2) is 84.1 Å². The second-order valence-corrected chi connectivity index (χ2v) is 11.3. The predicted octanol–water partition coefficient (Wildman–Crippen LogP) is 1.70. The second kappa shape index (κ2) is 10.0. The van der Waals surface area contributed by atoms with Gasteiger partial charge in [0.1, 0.15) is 11.8 Å². The monoisotopic (exact) mass is 543 g/mol. The van der Waals surface area contributed by atoms with Crippen molar-refractivity contribution in [2.45, 2.75) is 75.2 Å². The summed E-state index contributed by atoms with van der Waals surface area (Å²) in [5.41, 5.74) is 0.221. The number of carboxylic acids is 1. The van der Waals surface area contributed by atoms with Crippen LogP contribution in [0, 0.1) is 5.92 Å². The first-order valence-electron chi connectivity index (χ1n) is 13.5. The molecule has 11 nitrogen and oxygen atoms in total. The highest BCUT2D eigenvalue weighted by molar-refractivity contribution is 5.83. The van der Waals surface area contributed by atoms with Gasteiger partial charge in [0.25, 0.3) is 0 Å². The summed E-state index contributed by atoms with van der Waals surface area (Å²) in [6.45, 7) is 4.38. The Kier molecular flexibility index (Phi) is 7.00. The summed E-state index contributed by atoms with van der Waals surface area (Å²) in [5, 5.41) is 26.6. The quantitative estimate of drug-likeness (QED) is 0.342. The molecule has 0 radical (unpaired) electrons. The first kappa shape index (κ1) is 27.3. The number of carbonyl (C=O) groups is 3. The lowest BCUT2D eigenvalue weighted by atomic mass is 9.50. The molecule has 1 spiro atoms. The Morgan fingerprint density at radius 3 is 2.74 bits per heavy atom. The zero-order chi connectivity index (χ0) is 28.1. The molecule has 2 aliphatic heterocycles. The Bertz CT molecular complexity index is 1220. The normalized spacial score (nSPS) is 29.0. The van der Waals surface area contributed by atoms with Crippen molar-refractivity contribution in [3.05, 3.63) is 35.1 Å². The van der Waals surface area contributed by atoms with Crippen LogP contribution in [0.1, 0.15) is 50.7 Å². The summed E-state index contributed by atoms with van der Waals surface area (Å²) in [6.07, 6.45) is 2.42. The van der Waals surface area contributed by atoms with E-state index in [9.17, 15) is 24.6 Å². The molecule has 212 valence electrons. The van der Waals surface area contributed by atoms with Gasteiger partial charge in [-0.05, 0) is 56.5 Å². The van der Waals surface area contributed by atoms with Crippen molar-refractivity contribution in [3.8, 4) is 11.5 Å². The van der Waals surface area contributed by atoms with E-state index in [0.29, 0.717) is 42.9 Å². The van der Waals surface area contributed by atoms with Gasteiger partial charge in [-0.2, -0.15) is 0 Å². The molecule has 2 aliphatic carbocycles. The smallest absolute Gasteiger partial charge is 0.412 e. The van der Waals surface area contributed by atoms with E-state index >= 15 is 0 Å². The molecule has 1 aromatic carbocycles. The van der Waals surface area contributed by atoms with E-state index < -0.39 is 41.1 Å². The van der Waals surface area contributed by atoms with Crippen LogP contribution in [0.2, 0.25) is 0 Å². The fraction of sp³-hybridized carbons (Fsp3) is 0.607. The molecule has 1 saturated heterocycles. The second-order valence-electron chi connectivity index (χ2n) is 11.3. The van der Waals surface area contributed by atoms with Crippen molar-refractivity contribution in [2.24, 2.45) is 5.92 Å². The molecule has 2 amide bonds. The van der Waals surface area contributed by atoms with Crippen LogP contribution in [0.4, 0.5) is 4.79 Å². The number of ether oxygens (including phenoxy) is 3. The molecular weight excluding hydrogens is 506 g/mol. The highest BCUT2D eigenvalue weighted by Gasteiger charge is 2.72. The van der Waals surface area contributed by atoms with Crippen molar-refractivity contribution in [3.63, 3.8) is 0 Å². The summed E-state index contributed by atoms with van der Waals surface area (Å²) in [6, 6.07) is 2.87. The molecule has 1 fully saturated rings. The first-order chi connectivity index (χ1) is 18.5. The van der Waals surface area contributed by atoms with E-state index in [-0.39, 0.29) is 24.9 Å². The van der Waals surface area contributed by atoms with Crippen LogP contribution in [-0.2, 0) is 26.2 Å². The summed E-state index contributed by atoms with van der Waals surface area (Å²) < 4.78 is 17.8. The number of benzene rings is 1. The van der Waals surface area contributed by atoms with Crippen LogP contribution in [0.3, 0.4) is 0 Å². The number of alkyl carbamates (subject to hydrolysis) is 1. The molecule has 5 unspecified atom stereocenters. The van der Waals surface area contributed by atoms with Gasteiger partial charge in [0, 0.05) is 31.0 Å². The van der Waals surface area contributed by atoms with E-state index in [2.05, 4.69) is 15.5 Å². The number of nitrogens with zero attached hydrogens (tertiary/aromatic N) is 1. The minimum Gasteiger partial charge on any atom is -0.493 e. The van der Waals surface area contributed by atoms with Gasteiger partial charge in [-0.15, -0.1) is 0 Å². The van der Waals surface area contributed by atoms with Crippen molar-refractivity contribution in [2.75, 3.05) is 27.2 Å². The van der Waals surface area contributed by atoms with Gasteiger partial charge in [-0.25, -0.2) is 9.59 Å². The van der Waals surface area contributed by atoms with Gasteiger partial charge in [-0.1, -0.05) is 19.9 Å². The standard InChI is InChI=1S/C28H37N3O8/c1-15(2)22(25(33)34)30-20(32)6-5-12-29-26(35)38-18-9-10-28(36)19-14-16-7-8-17(37-4)23-21(16)27(28,24(18)39-23)11-13-31(19)3/h7-9,15,19,22,24,36H,5-6,10-14H2,1-4H3,(H,29,35)(H,30,32)(H,33,34). The SMILES string of the molecule is COc1ccc2c3c1OC1C(OC(=O)NCCCC(=O)NC(C(=O)O)C(C)C)=CCC4(O)C(C2)N(C)CCC314. The molecule has 2 bridgehead atoms. The molecule has 0 aromatic heterocycles. The topological polar surface area (TPSA) is 147 Å². The third-order valence-corrected chi connectivity index (χ3v) is 8.87. The van der Waals surface area contributed by atoms with Crippen molar-refractivity contribution < 1.29 is 38.8 Å². The number of piperidine rings is 1. The number of amides is 2. The molecular formula is C28H37N3O8. The zero-order valence-electron chi connectivity index (χ0n) is 22.8. The van der Waals surface area contributed by atoms with Crippen molar-refractivity contribution >= 4 is 18.0 Å². The van der Waals surface area contributed by atoms with E-state index in [0.717, 1.165) is 17.7 Å². The number of aliphatic carboxylic acids is 1. The molecule has 5 atom stereocenters. The molecule has 11 heteroatoms. The van der Waals surface area contributed by atoms with E-state index in [1.165, 1.54) is 0 Å². The molecule has 2 heterocycles. The number of hydrogen-bond acceptors (Lipinski definition) is 8. The lowest BCUT2D eigenvalue weighted by Crippen LogP contribution is -2.74. The van der Waals surface area contributed by atoms with Gasteiger partial charge in [0.2, 0.25) is 5.91 Å². The minimum atomic E-state index is -1.09. The maximum atomic E-state index is 12.8. The Morgan fingerprint density at radius 2 is 2.05 bits per heavy atom. The number of likely N-dealkylation sites (tertiary alicyclic amines) is 1. The number of carboxylic acid groups (broad SMARTS) is 1. The van der Waals surface area contributed by atoms with Gasteiger partial charge >= 0.3 is 12.1 Å². The molecule has 4 N–H and O–H groups in total. The van der Waals surface area contributed by atoms with E-state index in [1.807, 2.05) is 19.2 Å². The minimum absolute atomic E-state index is 0.0636. The highest BCUT2D eigenvalue weighted by Crippen LogP contribution is 2.65. The molecule has 1 aromatic rings. The van der Waals surface area contributed by atoms with Crippen LogP contribution in [0.25, 0.3) is 0 Å². The molecule has 5 rings (SSSR count). The number of hydrogen-bond donors (Lipinski definition) is 4. The summed E-state index contributed by atoms with van der Waals surface area (Å²) in [4.78, 5) is 38.4. The van der Waals surface area contributed by atoms with Crippen LogP contribution in [0.15, 0.2) is 24.0 Å². The Morgan fingerprint density at radius 1 is 1.28 bits per heavy atom. The fourth-order valence-corrected chi connectivity index (χ4v) is 6.93. The zero-order valence-corrected chi connectivity index (χ0v) is 22.8. The van der Waals surface area contributed by atoms with E-state index in [1.54, 1.807) is 27.0 Å². The Hall–Kier alpha value is -3.31. The predicted molar refractivity (Wildman–Crippen MR) is 140 cm³/mol. The van der Waals surface area contributed by atoms with Crippen LogP contribution < -0.4 is 20.1 Å². The van der Waals surface area contributed by atoms with Crippen molar-refractivity contribution in [1.82, 2.24) is 15.5 Å². The average molecular weight is 544 g/mol. The number of nitrogens with one attached hydrogen (secondary N) is 2. The Labute approximate surface area is 227 Å². The summed E-state index contributed by atoms with van der Waals surface area (Å²) >= 11 is 0. The van der Waals surface area contributed by atoms with Crippen molar-refractivity contribution in [1.29, 1.82) is 0 Å². The van der Waals surface area contributed by atoms with E-state index in [4.69, 9.17) is 14.2 Å². The highest BCUT2D eigenvalue weighted by atomic mass is 16.6. The molecule has 0 saturated carbocycles. The fourth-order valence-electron chi connectivity index (χ4n) is 6.93. The van der Waals surface area contributed by atoms with Gasteiger partial charge < -0.3 is 40.0 Å². The van der Waals surface area contributed by atoms with Crippen LogP contribution in [0.5, 0.6) is 11.5 Å². The number of methoxy groups -OCH3 is 1. The third-order valence-electron chi connectivity index (χ3n) is 8.87. The Balaban J connectivity index is 1.27. The van der Waals surface area contributed by atoms with Gasteiger partial charge in [0.05, 0.1) is 18.1 Å². The average Bonchev–Trinajstić information content (AvgIpc) is 3.24. The first-order valence-corrected chi connectivity index (χ1v) is 13.5. The summed E-state index contributed by atoms with van der Waals surface area (Å²) in [5.74, 6) is -0.181. The maximum Gasteiger partial charge on any atom is 0.412 e. The maximum absolute atomic E-state index is 12.8. The molecule has 4 aliphatic rings. The van der Waals surface area contributed by atoms with Gasteiger partial charge in [0.15, 0.2) is 17.6 Å². The largest absolute Gasteiger partial charge is 0.493 e. The van der Waals surface area contributed by atoms with Crippen LogP contribution >= 0.6 is 0 Å². The number of aliphatic hydroxyl groups is 1. The van der Waals surface area contributed by atoms with Gasteiger partial charge in [-0.3, -0.25) is 4.79 Å².